The highest BCUT2D eigenvalue weighted by Gasteiger charge is 2.31. The van der Waals surface area contributed by atoms with Crippen molar-refractivity contribution in [2.75, 3.05) is 0 Å². The zero-order valence-electron chi connectivity index (χ0n) is 10.6. The van der Waals surface area contributed by atoms with Gasteiger partial charge in [-0.25, -0.2) is 0 Å². The summed E-state index contributed by atoms with van der Waals surface area (Å²) in [5.74, 6) is -0.155. The number of carbonyl (C=O) groups is 1. The van der Waals surface area contributed by atoms with Crippen molar-refractivity contribution in [1.29, 1.82) is 0 Å². The van der Waals surface area contributed by atoms with Gasteiger partial charge < -0.3 is 4.74 Å². The molecule has 0 aliphatic carbocycles. The van der Waals surface area contributed by atoms with E-state index in [1.807, 2.05) is 27.6 Å². The van der Waals surface area contributed by atoms with Crippen molar-refractivity contribution in [2.45, 2.75) is 53.9 Å². The molecule has 0 saturated carbocycles. The van der Waals surface area contributed by atoms with E-state index < -0.39 is 0 Å². The molecular weight excluding hydrogens is 175 g/mol. The van der Waals surface area contributed by atoms with Gasteiger partial charge in [-0.15, -0.1) is 0 Å². The quantitative estimate of drug-likeness (QED) is 0.514. The number of rotatable bonds is 3. The van der Waals surface area contributed by atoms with Crippen LogP contribution >= 0.6 is 0 Å². The van der Waals surface area contributed by atoms with Gasteiger partial charge in [-0.1, -0.05) is 34.5 Å². The average Bonchev–Trinajstić information content (AvgIpc) is 2.00. The van der Waals surface area contributed by atoms with E-state index in [4.69, 9.17) is 4.74 Å². The summed E-state index contributed by atoms with van der Waals surface area (Å²) in [5.41, 5.74) is -0.364. The molecule has 0 aromatic heterocycles. The molecule has 0 amide bonds. The van der Waals surface area contributed by atoms with Gasteiger partial charge in [0.15, 0.2) is 7.28 Å². The summed E-state index contributed by atoms with van der Waals surface area (Å²) in [4.78, 5) is 11.7. The number of ether oxygens (including phenoxy) is 1. The molecule has 0 heterocycles. The third-order valence-electron chi connectivity index (χ3n) is 2.88. The van der Waals surface area contributed by atoms with Crippen molar-refractivity contribution < 1.29 is 9.53 Å². The maximum absolute atomic E-state index is 11.7. The predicted octanol–water partition coefficient (Wildman–Crippen LogP) is 2.43. The van der Waals surface area contributed by atoms with E-state index in [2.05, 4.69) is 20.8 Å². The van der Waals surface area contributed by atoms with Crippen LogP contribution in [-0.2, 0) is 9.53 Å². The number of hydrogen-bond donors (Lipinski definition) is 0. The Kier molecular flexibility index (Phi) is 4.23. The van der Waals surface area contributed by atoms with Crippen LogP contribution < -0.4 is 0 Å². The van der Waals surface area contributed by atoms with Gasteiger partial charge in [-0.05, 0) is 19.3 Å². The Morgan fingerprint density at radius 2 is 1.64 bits per heavy atom. The molecule has 3 heteroatoms. The molecule has 0 aliphatic rings. The maximum Gasteiger partial charge on any atom is 0.308 e. The van der Waals surface area contributed by atoms with E-state index in [0.29, 0.717) is 0 Å². The lowest BCUT2D eigenvalue weighted by molar-refractivity contribution is -0.158. The Balaban J connectivity index is 4.37. The Hall–Kier alpha value is -0.465. The van der Waals surface area contributed by atoms with E-state index in [-0.39, 0.29) is 22.8 Å². The third kappa shape index (κ3) is 4.16. The molecule has 0 radical (unpaired) electrons. The van der Waals surface area contributed by atoms with E-state index >= 15 is 0 Å². The summed E-state index contributed by atoms with van der Waals surface area (Å²) < 4.78 is 5.44. The highest BCUT2D eigenvalue weighted by Crippen LogP contribution is 2.27. The largest absolute Gasteiger partial charge is 0.469 e. The minimum absolute atomic E-state index is 0.0269. The van der Waals surface area contributed by atoms with Crippen LogP contribution in [-0.4, -0.2) is 18.7 Å². The molecule has 0 N–H and O–H groups in total. The summed E-state index contributed by atoms with van der Waals surface area (Å²) >= 11 is 0. The summed E-state index contributed by atoms with van der Waals surface area (Å²) in [7, 11) is 0.843. The third-order valence-corrected chi connectivity index (χ3v) is 2.88. The Labute approximate surface area is 88.7 Å². The second-order valence-electron chi connectivity index (χ2n) is 5.62. The maximum atomic E-state index is 11.7. The van der Waals surface area contributed by atoms with Gasteiger partial charge in [-0.2, -0.15) is 0 Å². The molecule has 0 aromatic rings. The second kappa shape index (κ2) is 4.37. The van der Waals surface area contributed by atoms with Gasteiger partial charge in [0, 0.05) is 0 Å². The van der Waals surface area contributed by atoms with Crippen LogP contribution in [0.3, 0.4) is 0 Å². The first kappa shape index (κ1) is 13.5. The van der Waals surface area contributed by atoms with Gasteiger partial charge in [0.05, 0.1) is 11.4 Å². The molecule has 2 nitrogen and oxygen atoms in total. The summed E-state index contributed by atoms with van der Waals surface area (Å²) in [6, 6.07) is 0. The molecule has 1 unspecified atom stereocenters. The van der Waals surface area contributed by atoms with Crippen LogP contribution in [0.2, 0.25) is 6.82 Å². The molecule has 0 rings (SSSR count). The van der Waals surface area contributed by atoms with Gasteiger partial charge in [0.1, 0.15) is 0 Å². The van der Waals surface area contributed by atoms with Crippen LogP contribution in [0.15, 0.2) is 0 Å². The number of carbonyl (C=O) groups excluding carboxylic acids is 1. The van der Waals surface area contributed by atoms with Crippen molar-refractivity contribution >= 4 is 13.2 Å². The molecule has 0 aliphatic heterocycles. The zero-order valence-corrected chi connectivity index (χ0v) is 10.6. The van der Waals surface area contributed by atoms with Crippen LogP contribution in [0.4, 0.5) is 0 Å². The fourth-order valence-corrected chi connectivity index (χ4v) is 0.786. The highest BCUT2D eigenvalue weighted by molar-refractivity contribution is 6.37. The van der Waals surface area contributed by atoms with E-state index in [1.54, 1.807) is 0 Å². The Morgan fingerprint density at radius 3 is 1.93 bits per heavy atom. The van der Waals surface area contributed by atoms with Crippen molar-refractivity contribution in [3.05, 3.63) is 0 Å². The van der Waals surface area contributed by atoms with Crippen LogP contribution in [0.1, 0.15) is 41.5 Å². The Morgan fingerprint density at radius 1 is 1.21 bits per heavy atom. The first-order chi connectivity index (χ1) is 6.10. The van der Waals surface area contributed by atoms with E-state index in [0.717, 1.165) is 7.28 Å². The summed E-state index contributed by atoms with van der Waals surface area (Å²) in [5, 5.41) is 0. The fourth-order valence-electron chi connectivity index (χ4n) is 0.786. The lowest BCUT2D eigenvalue weighted by Crippen LogP contribution is -2.38. The topological polar surface area (TPSA) is 26.3 Å². The predicted molar refractivity (Wildman–Crippen MR) is 61.8 cm³/mol. The fraction of sp³-hybridized carbons (Fsp3) is 0.909. The van der Waals surface area contributed by atoms with Crippen LogP contribution in [0.25, 0.3) is 0 Å². The normalized spacial score (nSPS) is 14.8. The molecular formula is C11H23BO2. The standard InChI is InChI=1S/C11H23BO2/c1-8(10(2,3)4)9(13)14-11(5,6)12-7/h8,12H,1-7H3. The minimum Gasteiger partial charge on any atom is -0.469 e. The van der Waals surface area contributed by atoms with Gasteiger partial charge in [0.2, 0.25) is 0 Å². The van der Waals surface area contributed by atoms with Gasteiger partial charge >= 0.3 is 5.97 Å². The first-order valence-electron chi connectivity index (χ1n) is 5.33. The van der Waals surface area contributed by atoms with Crippen molar-refractivity contribution in [3.8, 4) is 0 Å². The molecule has 0 aromatic carbocycles. The zero-order chi connectivity index (χ0) is 11.6. The lowest BCUT2D eigenvalue weighted by Gasteiger charge is -2.30. The molecule has 0 bridgehead atoms. The minimum atomic E-state index is -0.337. The molecule has 14 heavy (non-hydrogen) atoms. The van der Waals surface area contributed by atoms with Crippen LogP contribution in [0, 0.1) is 11.3 Å². The van der Waals surface area contributed by atoms with Gasteiger partial charge in [0.25, 0.3) is 0 Å². The Bertz CT molecular complexity index is 204. The lowest BCUT2D eigenvalue weighted by atomic mass is 9.65. The molecule has 0 spiro atoms. The SMILES string of the molecule is CBC(C)(C)OC(=O)C(C)C(C)(C)C. The van der Waals surface area contributed by atoms with E-state index in [9.17, 15) is 4.79 Å². The average molecular weight is 198 g/mol. The summed E-state index contributed by atoms with van der Waals surface area (Å²) in [6.45, 7) is 14.0. The first-order valence-corrected chi connectivity index (χ1v) is 5.33. The highest BCUT2D eigenvalue weighted by atomic mass is 16.6. The molecule has 1 atom stereocenters. The van der Waals surface area contributed by atoms with Gasteiger partial charge in [-0.3, -0.25) is 4.79 Å². The monoisotopic (exact) mass is 198 g/mol. The smallest absolute Gasteiger partial charge is 0.308 e. The van der Waals surface area contributed by atoms with Crippen molar-refractivity contribution in [2.24, 2.45) is 11.3 Å². The second-order valence-corrected chi connectivity index (χ2v) is 5.62. The van der Waals surface area contributed by atoms with E-state index in [1.165, 1.54) is 0 Å². The van der Waals surface area contributed by atoms with Crippen molar-refractivity contribution in [3.63, 3.8) is 0 Å². The molecule has 0 fully saturated rings. The number of esters is 1. The summed E-state index contributed by atoms with van der Waals surface area (Å²) in [6.07, 6.45) is 0. The van der Waals surface area contributed by atoms with Crippen LogP contribution in [0.5, 0.6) is 0 Å². The van der Waals surface area contributed by atoms with Crippen molar-refractivity contribution in [1.82, 2.24) is 0 Å². The molecule has 82 valence electrons. The molecule has 0 saturated heterocycles. The number of hydrogen-bond acceptors (Lipinski definition) is 2.